The Kier molecular flexibility index (Phi) is 6.83. The van der Waals surface area contributed by atoms with Crippen molar-refractivity contribution in [2.75, 3.05) is 20.8 Å². The summed E-state index contributed by atoms with van der Waals surface area (Å²) in [6.07, 6.45) is 0.179. The van der Waals surface area contributed by atoms with Gasteiger partial charge in [-0.05, 0) is 29.7 Å². The minimum absolute atomic E-state index is 0.149. The minimum Gasteiger partial charge on any atom is -0.493 e. The van der Waals surface area contributed by atoms with Gasteiger partial charge in [-0.3, -0.25) is 4.79 Å². The summed E-state index contributed by atoms with van der Waals surface area (Å²) >= 11 is 0. The molecule has 0 saturated heterocycles. The molecule has 1 atom stereocenters. The summed E-state index contributed by atoms with van der Waals surface area (Å²) in [7, 11) is 3.18. The number of methoxy groups -OCH3 is 2. The van der Waals surface area contributed by atoms with Gasteiger partial charge in [-0.2, -0.15) is 0 Å². The standard InChI is InChI=1S/C20H25NO4/c1-15(22)21(20(23)14-16-7-5-4-6-8-16)12-11-17-9-10-18(24-2)19(13-17)25-3/h4-10,13,20,23H,11-12,14H2,1-3H3. The van der Waals surface area contributed by atoms with E-state index in [-0.39, 0.29) is 5.91 Å². The first kappa shape index (κ1) is 18.8. The van der Waals surface area contributed by atoms with Gasteiger partial charge in [0.05, 0.1) is 14.2 Å². The topological polar surface area (TPSA) is 59.0 Å². The van der Waals surface area contributed by atoms with E-state index < -0.39 is 6.23 Å². The van der Waals surface area contributed by atoms with Crippen LogP contribution in [0.4, 0.5) is 0 Å². The number of amides is 1. The summed E-state index contributed by atoms with van der Waals surface area (Å²) in [6.45, 7) is 1.90. The fraction of sp³-hybridized carbons (Fsp3) is 0.350. The Morgan fingerprint density at radius 1 is 1.04 bits per heavy atom. The number of aliphatic hydroxyl groups is 1. The van der Waals surface area contributed by atoms with Crippen LogP contribution in [0.1, 0.15) is 18.1 Å². The van der Waals surface area contributed by atoms with E-state index in [9.17, 15) is 9.90 Å². The molecule has 2 aromatic rings. The zero-order valence-corrected chi connectivity index (χ0v) is 14.9. The number of nitrogens with zero attached hydrogens (tertiary/aromatic N) is 1. The molecule has 2 rings (SSSR count). The third-order valence-corrected chi connectivity index (χ3v) is 4.11. The first-order valence-electron chi connectivity index (χ1n) is 8.25. The molecular weight excluding hydrogens is 318 g/mol. The Morgan fingerprint density at radius 3 is 2.32 bits per heavy atom. The second-order valence-corrected chi connectivity index (χ2v) is 5.82. The largest absolute Gasteiger partial charge is 0.493 e. The molecule has 0 aliphatic heterocycles. The van der Waals surface area contributed by atoms with Crippen molar-refractivity contribution in [2.24, 2.45) is 0 Å². The molecule has 0 heterocycles. The van der Waals surface area contributed by atoms with Crippen molar-refractivity contribution in [2.45, 2.75) is 26.0 Å². The molecule has 2 aromatic carbocycles. The fourth-order valence-electron chi connectivity index (χ4n) is 2.74. The van der Waals surface area contributed by atoms with Gasteiger partial charge in [-0.15, -0.1) is 0 Å². The average Bonchev–Trinajstić information content (AvgIpc) is 2.62. The molecule has 5 heteroatoms. The molecule has 5 nitrogen and oxygen atoms in total. The number of benzene rings is 2. The van der Waals surface area contributed by atoms with Crippen molar-refractivity contribution in [1.29, 1.82) is 0 Å². The predicted octanol–water partition coefficient (Wildman–Crippen LogP) is 2.66. The van der Waals surface area contributed by atoms with Crippen LogP contribution in [-0.4, -0.2) is 42.9 Å². The van der Waals surface area contributed by atoms with Gasteiger partial charge in [0.15, 0.2) is 11.5 Å². The summed E-state index contributed by atoms with van der Waals surface area (Å²) in [5.74, 6) is 1.17. The minimum atomic E-state index is -0.847. The zero-order valence-electron chi connectivity index (χ0n) is 14.9. The van der Waals surface area contributed by atoms with Crippen molar-refractivity contribution in [1.82, 2.24) is 4.90 Å². The number of hydrogen-bond acceptors (Lipinski definition) is 4. The second-order valence-electron chi connectivity index (χ2n) is 5.82. The molecular formula is C20H25NO4. The van der Waals surface area contributed by atoms with Gasteiger partial charge in [0, 0.05) is 19.9 Å². The molecule has 25 heavy (non-hydrogen) atoms. The summed E-state index contributed by atoms with van der Waals surface area (Å²) < 4.78 is 10.5. The van der Waals surface area contributed by atoms with E-state index in [1.807, 2.05) is 48.5 Å². The first-order valence-corrected chi connectivity index (χ1v) is 8.25. The highest BCUT2D eigenvalue weighted by atomic mass is 16.5. The molecule has 0 fully saturated rings. The van der Waals surface area contributed by atoms with Crippen LogP contribution in [0.5, 0.6) is 11.5 Å². The van der Waals surface area contributed by atoms with Crippen LogP contribution in [-0.2, 0) is 17.6 Å². The van der Waals surface area contributed by atoms with Crippen LogP contribution in [0.3, 0.4) is 0 Å². The maximum atomic E-state index is 11.9. The lowest BCUT2D eigenvalue weighted by atomic mass is 10.1. The molecule has 1 N–H and O–H groups in total. The van der Waals surface area contributed by atoms with E-state index in [1.165, 1.54) is 11.8 Å². The van der Waals surface area contributed by atoms with Gasteiger partial charge in [-0.25, -0.2) is 0 Å². The second kappa shape index (κ2) is 9.08. The van der Waals surface area contributed by atoms with E-state index in [4.69, 9.17) is 9.47 Å². The van der Waals surface area contributed by atoms with Gasteiger partial charge in [0.25, 0.3) is 0 Å². The van der Waals surface area contributed by atoms with Crippen LogP contribution in [0.15, 0.2) is 48.5 Å². The van der Waals surface area contributed by atoms with Gasteiger partial charge in [0.1, 0.15) is 6.23 Å². The molecule has 0 spiro atoms. The average molecular weight is 343 g/mol. The molecule has 134 valence electrons. The van der Waals surface area contributed by atoms with Crippen LogP contribution in [0.25, 0.3) is 0 Å². The van der Waals surface area contributed by atoms with E-state index >= 15 is 0 Å². The van der Waals surface area contributed by atoms with Crippen molar-refractivity contribution < 1.29 is 19.4 Å². The Labute approximate surface area is 148 Å². The van der Waals surface area contributed by atoms with Crippen molar-refractivity contribution >= 4 is 5.91 Å². The Bertz CT molecular complexity index is 687. The SMILES string of the molecule is COc1ccc(CCN(C(C)=O)C(O)Cc2ccccc2)cc1OC. The highest BCUT2D eigenvalue weighted by Gasteiger charge is 2.19. The monoisotopic (exact) mass is 343 g/mol. The molecule has 0 aromatic heterocycles. The molecule has 0 aliphatic rings. The smallest absolute Gasteiger partial charge is 0.221 e. The van der Waals surface area contributed by atoms with Crippen LogP contribution < -0.4 is 9.47 Å². The summed E-state index contributed by atoms with van der Waals surface area (Å²) in [5, 5.41) is 10.5. The highest BCUT2D eigenvalue weighted by molar-refractivity contribution is 5.73. The molecule has 0 aliphatic carbocycles. The van der Waals surface area contributed by atoms with Gasteiger partial charge in [0.2, 0.25) is 5.91 Å². The molecule has 0 radical (unpaired) electrons. The molecule has 0 saturated carbocycles. The number of aliphatic hydroxyl groups excluding tert-OH is 1. The Hall–Kier alpha value is -2.53. The molecule has 0 bridgehead atoms. The summed E-state index contributed by atoms with van der Waals surface area (Å²) in [5.41, 5.74) is 2.00. The maximum absolute atomic E-state index is 11.9. The van der Waals surface area contributed by atoms with Crippen molar-refractivity contribution in [3.05, 3.63) is 59.7 Å². The zero-order chi connectivity index (χ0) is 18.2. The lowest BCUT2D eigenvalue weighted by Gasteiger charge is -2.27. The number of carbonyl (C=O) groups is 1. The van der Waals surface area contributed by atoms with E-state index in [2.05, 4.69) is 0 Å². The number of ether oxygens (including phenoxy) is 2. The normalized spacial score (nSPS) is 11.7. The van der Waals surface area contributed by atoms with E-state index in [1.54, 1.807) is 14.2 Å². The fourth-order valence-corrected chi connectivity index (χ4v) is 2.74. The van der Waals surface area contributed by atoms with E-state index in [0.717, 1.165) is 11.1 Å². The number of carbonyl (C=O) groups excluding carboxylic acids is 1. The number of rotatable bonds is 8. The van der Waals surface area contributed by atoms with Crippen molar-refractivity contribution in [3.63, 3.8) is 0 Å². The predicted molar refractivity (Wildman–Crippen MR) is 96.8 cm³/mol. The van der Waals surface area contributed by atoms with Crippen molar-refractivity contribution in [3.8, 4) is 11.5 Å². The van der Waals surface area contributed by atoms with Gasteiger partial charge in [-0.1, -0.05) is 36.4 Å². The Balaban J connectivity index is 2.03. The highest BCUT2D eigenvalue weighted by Crippen LogP contribution is 2.27. The summed E-state index contributed by atoms with van der Waals surface area (Å²) in [4.78, 5) is 13.4. The third kappa shape index (κ3) is 5.22. The molecule has 1 unspecified atom stereocenters. The third-order valence-electron chi connectivity index (χ3n) is 4.11. The van der Waals surface area contributed by atoms with Crippen LogP contribution in [0, 0.1) is 0 Å². The lowest BCUT2D eigenvalue weighted by molar-refractivity contribution is -0.138. The van der Waals surface area contributed by atoms with Crippen LogP contribution >= 0.6 is 0 Å². The van der Waals surface area contributed by atoms with Crippen LogP contribution in [0.2, 0.25) is 0 Å². The van der Waals surface area contributed by atoms with Gasteiger partial charge < -0.3 is 19.5 Å². The number of hydrogen-bond donors (Lipinski definition) is 1. The maximum Gasteiger partial charge on any atom is 0.221 e. The lowest BCUT2D eigenvalue weighted by Crippen LogP contribution is -2.41. The van der Waals surface area contributed by atoms with Gasteiger partial charge >= 0.3 is 0 Å². The summed E-state index contributed by atoms with van der Waals surface area (Å²) in [6, 6.07) is 15.3. The quantitative estimate of drug-likeness (QED) is 0.749. The molecule has 1 amide bonds. The first-order chi connectivity index (χ1) is 12.0. The Morgan fingerprint density at radius 2 is 1.72 bits per heavy atom. The van der Waals surface area contributed by atoms with E-state index in [0.29, 0.717) is 30.9 Å².